The quantitative estimate of drug-likeness (QED) is 0.810. The Hall–Kier alpha value is -1.49. The van der Waals surface area contributed by atoms with Crippen molar-refractivity contribution in [2.75, 3.05) is 5.73 Å². The Morgan fingerprint density at radius 1 is 1.36 bits per heavy atom. The van der Waals surface area contributed by atoms with Crippen LogP contribution in [0.3, 0.4) is 0 Å². The van der Waals surface area contributed by atoms with Crippen molar-refractivity contribution in [1.29, 1.82) is 0 Å². The molecule has 0 aliphatic carbocycles. The third-order valence-electron chi connectivity index (χ3n) is 1.74. The van der Waals surface area contributed by atoms with E-state index in [4.69, 9.17) is 5.73 Å². The molecule has 0 radical (unpaired) electrons. The topological polar surface area (TPSA) is 56.7 Å². The van der Waals surface area contributed by atoms with Gasteiger partial charge in [-0.25, -0.2) is 9.97 Å². The van der Waals surface area contributed by atoms with Gasteiger partial charge in [-0.1, -0.05) is 11.8 Å². The molecule has 14 heavy (non-hydrogen) atoms. The second-order valence-electron chi connectivity index (χ2n) is 2.84. The van der Waals surface area contributed by atoms with Crippen LogP contribution >= 0.6 is 11.8 Å². The Bertz CT molecular complexity index is 438. The highest BCUT2D eigenvalue weighted by molar-refractivity contribution is 7.99. The van der Waals surface area contributed by atoms with Gasteiger partial charge in [-0.15, -0.1) is 0 Å². The van der Waals surface area contributed by atoms with Crippen molar-refractivity contribution in [3.63, 3.8) is 0 Å². The summed E-state index contributed by atoms with van der Waals surface area (Å²) in [4.78, 5) is 9.18. The molecule has 0 saturated carbocycles. The van der Waals surface area contributed by atoms with Gasteiger partial charge in [0.25, 0.3) is 0 Å². The van der Waals surface area contributed by atoms with Crippen LogP contribution in [0.4, 0.5) is 5.82 Å². The molecule has 0 fully saturated rings. The maximum atomic E-state index is 5.57. The molecule has 2 aromatic heterocycles. The summed E-state index contributed by atoms with van der Waals surface area (Å²) < 4.78 is 1.96. The van der Waals surface area contributed by atoms with E-state index in [1.807, 2.05) is 29.9 Å². The first-order valence-electron chi connectivity index (χ1n) is 4.12. The monoisotopic (exact) mass is 206 g/mol. The van der Waals surface area contributed by atoms with Gasteiger partial charge in [0.15, 0.2) is 5.16 Å². The fraction of sp³-hybridized carbons (Fsp3) is 0.111. The van der Waals surface area contributed by atoms with Crippen LogP contribution in [0.25, 0.3) is 0 Å². The number of anilines is 1. The number of aromatic nitrogens is 3. The van der Waals surface area contributed by atoms with E-state index in [1.165, 1.54) is 0 Å². The molecule has 0 spiro atoms. The molecule has 2 heterocycles. The Morgan fingerprint density at radius 3 is 2.86 bits per heavy atom. The first-order chi connectivity index (χ1) is 6.75. The molecule has 4 nitrogen and oxygen atoms in total. The molecule has 0 atom stereocenters. The standard InChI is InChI=1S/C9H10N4S/c1-13-5-4-12-9(13)14-7-2-3-11-8(10)6-7/h2-6H,1H3,(H2,10,11). The van der Waals surface area contributed by atoms with Crippen molar-refractivity contribution in [1.82, 2.24) is 14.5 Å². The summed E-state index contributed by atoms with van der Waals surface area (Å²) in [6, 6.07) is 3.75. The minimum Gasteiger partial charge on any atom is -0.384 e. The van der Waals surface area contributed by atoms with Gasteiger partial charge in [0.1, 0.15) is 5.82 Å². The largest absolute Gasteiger partial charge is 0.384 e. The predicted molar refractivity (Wildman–Crippen MR) is 56.0 cm³/mol. The van der Waals surface area contributed by atoms with E-state index in [0.717, 1.165) is 10.1 Å². The van der Waals surface area contributed by atoms with E-state index in [-0.39, 0.29) is 0 Å². The smallest absolute Gasteiger partial charge is 0.172 e. The highest BCUT2D eigenvalue weighted by Crippen LogP contribution is 2.25. The molecule has 0 amide bonds. The molecule has 0 bridgehead atoms. The fourth-order valence-corrected chi connectivity index (χ4v) is 1.88. The van der Waals surface area contributed by atoms with E-state index in [0.29, 0.717) is 5.82 Å². The van der Waals surface area contributed by atoms with Crippen LogP contribution in [0.2, 0.25) is 0 Å². The van der Waals surface area contributed by atoms with Gasteiger partial charge in [-0.05, 0) is 12.1 Å². The van der Waals surface area contributed by atoms with Crippen molar-refractivity contribution in [3.05, 3.63) is 30.7 Å². The zero-order valence-corrected chi connectivity index (χ0v) is 8.53. The number of hydrogen-bond donors (Lipinski definition) is 1. The molecule has 2 N–H and O–H groups in total. The van der Waals surface area contributed by atoms with Crippen LogP contribution in [0.1, 0.15) is 0 Å². The number of nitrogens with zero attached hydrogens (tertiary/aromatic N) is 3. The van der Waals surface area contributed by atoms with Gasteiger partial charge in [-0.3, -0.25) is 0 Å². The summed E-state index contributed by atoms with van der Waals surface area (Å²) in [5.41, 5.74) is 5.57. The van der Waals surface area contributed by atoms with E-state index in [9.17, 15) is 0 Å². The molecular formula is C9H10N4S. The minimum atomic E-state index is 0.532. The lowest BCUT2D eigenvalue weighted by molar-refractivity contribution is 0.790. The highest BCUT2D eigenvalue weighted by atomic mass is 32.2. The van der Waals surface area contributed by atoms with Crippen LogP contribution in [0.5, 0.6) is 0 Å². The molecule has 2 aromatic rings. The molecule has 5 heteroatoms. The Balaban J connectivity index is 2.23. The van der Waals surface area contributed by atoms with Crippen molar-refractivity contribution < 1.29 is 0 Å². The maximum Gasteiger partial charge on any atom is 0.172 e. The molecule has 72 valence electrons. The normalized spacial score (nSPS) is 10.4. The summed E-state index contributed by atoms with van der Waals surface area (Å²) in [6.45, 7) is 0. The summed E-state index contributed by atoms with van der Waals surface area (Å²) in [7, 11) is 1.96. The van der Waals surface area contributed by atoms with Crippen LogP contribution in [-0.2, 0) is 7.05 Å². The van der Waals surface area contributed by atoms with Crippen LogP contribution < -0.4 is 5.73 Å². The maximum absolute atomic E-state index is 5.57. The predicted octanol–water partition coefficient (Wildman–Crippen LogP) is 1.55. The minimum absolute atomic E-state index is 0.532. The fourth-order valence-electron chi connectivity index (χ4n) is 1.05. The lowest BCUT2D eigenvalue weighted by atomic mass is 10.5. The number of aryl methyl sites for hydroxylation is 1. The lowest BCUT2D eigenvalue weighted by Crippen LogP contribution is -1.91. The molecular weight excluding hydrogens is 196 g/mol. The molecule has 2 rings (SSSR count). The van der Waals surface area contributed by atoms with E-state index >= 15 is 0 Å². The van der Waals surface area contributed by atoms with Crippen molar-refractivity contribution >= 4 is 17.6 Å². The zero-order valence-electron chi connectivity index (χ0n) is 7.71. The van der Waals surface area contributed by atoms with Gasteiger partial charge >= 0.3 is 0 Å². The second-order valence-corrected chi connectivity index (χ2v) is 3.88. The van der Waals surface area contributed by atoms with Crippen molar-refractivity contribution in [2.45, 2.75) is 10.1 Å². The Kier molecular flexibility index (Phi) is 2.41. The molecule has 0 aliphatic rings. The van der Waals surface area contributed by atoms with Crippen LogP contribution in [-0.4, -0.2) is 14.5 Å². The van der Waals surface area contributed by atoms with E-state index < -0.39 is 0 Å². The number of imidazole rings is 1. The van der Waals surface area contributed by atoms with Gasteiger partial charge in [-0.2, -0.15) is 0 Å². The number of hydrogen-bond acceptors (Lipinski definition) is 4. The lowest BCUT2D eigenvalue weighted by Gasteiger charge is -2.01. The van der Waals surface area contributed by atoms with Gasteiger partial charge in [0, 0.05) is 30.5 Å². The SMILES string of the molecule is Cn1ccnc1Sc1ccnc(N)c1. The van der Waals surface area contributed by atoms with Crippen molar-refractivity contribution in [3.8, 4) is 0 Å². The number of nitrogens with two attached hydrogens (primary N) is 1. The molecule has 0 unspecified atom stereocenters. The summed E-state index contributed by atoms with van der Waals surface area (Å²) in [5, 5.41) is 0.940. The summed E-state index contributed by atoms with van der Waals surface area (Å²) in [5.74, 6) is 0.532. The number of rotatable bonds is 2. The van der Waals surface area contributed by atoms with Gasteiger partial charge in [0.2, 0.25) is 0 Å². The molecule has 0 saturated heterocycles. The highest BCUT2D eigenvalue weighted by Gasteiger charge is 2.02. The zero-order chi connectivity index (χ0) is 9.97. The number of pyridine rings is 1. The molecule has 0 aliphatic heterocycles. The third kappa shape index (κ3) is 1.88. The average molecular weight is 206 g/mol. The van der Waals surface area contributed by atoms with E-state index in [2.05, 4.69) is 9.97 Å². The summed E-state index contributed by atoms with van der Waals surface area (Å²) in [6.07, 6.45) is 5.38. The van der Waals surface area contributed by atoms with Gasteiger partial charge < -0.3 is 10.3 Å². The Labute approximate surface area is 86.2 Å². The molecule has 0 aromatic carbocycles. The van der Waals surface area contributed by atoms with E-state index in [1.54, 1.807) is 24.2 Å². The first kappa shape index (κ1) is 9.08. The third-order valence-corrected chi connectivity index (χ3v) is 2.80. The Morgan fingerprint density at radius 2 is 2.21 bits per heavy atom. The first-order valence-corrected chi connectivity index (χ1v) is 4.94. The van der Waals surface area contributed by atoms with Crippen LogP contribution in [0, 0.1) is 0 Å². The van der Waals surface area contributed by atoms with Crippen LogP contribution in [0.15, 0.2) is 40.8 Å². The van der Waals surface area contributed by atoms with Gasteiger partial charge in [0.05, 0.1) is 0 Å². The summed E-state index contributed by atoms with van der Waals surface area (Å²) >= 11 is 1.57. The van der Waals surface area contributed by atoms with Crippen molar-refractivity contribution in [2.24, 2.45) is 7.05 Å². The average Bonchev–Trinajstić information content (AvgIpc) is 2.52. The number of nitrogen functional groups attached to an aromatic ring is 1. The second kappa shape index (κ2) is 3.71.